The van der Waals surface area contributed by atoms with Crippen molar-refractivity contribution < 1.29 is 22.5 Å². The summed E-state index contributed by atoms with van der Waals surface area (Å²) in [5.74, 6) is 2.28. The van der Waals surface area contributed by atoms with Crippen molar-refractivity contribution in [3.63, 3.8) is 0 Å². The van der Waals surface area contributed by atoms with Crippen LogP contribution < -0.4 is 4.74 Å². The lowest BCUT2D eigenvalue weighted by Crippen LogP contribution is -2.44. The third-order valence-electron chi connectivity index (χ3n) is 7.21. The monoisotopic (exact) mass is 664 g/mol. The normalized spacial score (nSPS) is 29.2. The molecule has 5 nitrogen and oxygen atoms in total. The van der Waals surface area contributed by atoms with Crippen LogP contribution in [0.25, 0.3) is 0 Å². The molecule has 4 fully saturated rings. The predicted molar refractivity (Wildman–Crippen MR) is 133 cm³/mol. The number of carbonyl (C=O) groups is 1. The van der Waals surface area contributed by atoms with E-state index in [0.717, 1.165) is 44.7 Å². The van der Waals surface area contributed by atoms with Gasteiger partial charge in [0.1, 0.15) is 5.75 Å². The van der Waals surface area contributed by atoms with E-state index in [1.165, 1.54) is 18.6 Å². The van der Waals surface area contributed by atoms with Crippen molar-refractivity contribution in [3.05, 3.63) is 54.7 Å². The summed E-state index contributed by atoms with van der Waals surface area (Å²) in [7, 11) is -4.37. The first-order valence-electron chi connectivity index (χ1n) is 10.5. The van der Waals surface area contributed by atoms with E-state index >= 15 is 0 Å². The first-order valence-corrected chi connectivity index (χ1v) is 14.1. The average molecular weight is 664 g/mol. The van der Waals surface area contributed by atoms with E-state index in [4.69, 9.17) is 4.74 Å². The van der Waals surface area contributed by atoms with E-state index in [-0.39, 0.29) is 10.8 Å². The van der Waals surface area contributed by atoms with Gasteiger partial charge in [0.15, 0.2) is 0 Å². The Morgan fingerprint density at radius 3 is 2.13 bits per heavy atom. The fourth-order valence-electron chi connectivity index (χ4n) is 6.31. The van der Waals surface area contributed by atoms with Gasteiger partial charge in [-0.2, -0.15) is 8.42 Å². The average Bonchev–Trinajstić information content (AvgIpc) is 2.68. The molecule has 4 aliphatic rings. The summed E-state index contributed by atoms with van der Waals surface area (Å²) in [6, 6.07) is 9.87. The van der Waals surface area contributed by atoms with Crippen LogP contribution in [0.3, 0.4) is 0 Å². The van der Waals surface area contributed by atoms with Crippen molar-refractivity contribution in [1.29, 1.82) is 0 Å². The zero-order valence-corrected chi connectivity index (χ0v) is 21.8. The Labute approximate surface area is 209 Å². The number of hydrogen-bond acceptors (Lipinski definition) is 4. The highest BCUT2D eigenvalue weighted by Crippen LogP contribution is 2.60. The molecule has 0 atom stereocenters. The van der Waals surface area contributed by atoms with Crippen molar-refractivity contribution in [3.8, 4) is 5.75 Å². The van der Waals surface area contributed by atoms with Crippen LogP contribution in [0, 0.1) is 30.8 Å². The van der Waals surface area contributed by atoms with Crippen molar-refractivity contribution in [2.24, 2.45) is 23.7 Å². The Morgan fingerprint density at radius 1 is 0.903 bits per heavy atom. The van der Waals surface area contributed by atoms with Crippen molar-refractivity contribution in [2.45, 2.75) is 42.9 Å². The molecular weight excluding hydrogens is 642 g/mol. The van der Waals surface area contributed by atoms with Gasteiger partial charge in [0.2, 0.25) is 0 Å². The van der Waals surface area contributed by atoms with Gasteiger partial charge >= 0.3 is 5.97 Å². The Bertz CT molecular complexity index is 1130. The Hall–Kier alpha value is -0.720. The number of carbonyl (C=O) groups excluding carboxylic acids is 1. The lowest BCUT2D eigenvalue weighted by Gasteiger charge is -2.54. The van der Waals surface area contributed by atoms with Crippen LogP contribution in [0.1, 0.15) is 53.9 Å². The number of benzene rings is 2. The second-order valence-corrected chi connectivity index (χ2v) is 12.9. The predicted octanol–water partition coefficient (Wildman–Crippen LogP) is 5.90. The molecular formula is C23H22I2O5S. The van der Waals surface area contributed by atoms with E-state index in [2.05, 4.69) is 45.2 Å². The van der Waals surface area contributed by atoms with E-state index in [0.29, 0.717) is 28.7 Å². The number of ether oxygens (including phenoxy) is 1. The highest BCUT2D eigenvalue weighted by molar-refractivity contribution is 14.1. The van der Waals surface area contributed by atoms with Crippen LogP contribution >= 0.6 is 45.2 Å². The van der Waals surface area contributed by atoms with Crippen LogP contribution in [0.4, 0.5) is 0 Å². The van der Waals surface area contributed by atoms with Crippen molar-refractivity contribution in [1.82, 2.24) is 0 Å². The van der Waals surface area contributed by atoms with Gasteiger partial charge in [-0.05, 0) is 149 Å². The van der Waals surface area contributed by atoms with Crippen LogP contribution in [-0.4, -0.2) is 18.9 Å². The molecule has 0 heterocycles. The summed E-state index contributed by atoms with van der Waals surface area (Å²) < 4.78 is 41.9. The maximum Gasteiger partial charge on any atom is 0.343 e. The number of halogens is 2. The molecule has 0 aliphatic heterocycles. The van der Waals surface area contributed by atoms with Gasteiger partial charge in [0.05, 0.1) is 10.5 Å². The zero-order valence-electron chi connectivity index (χ0n) is 16.6. The quantitative estimate of drug-likeness (QED) is 0.191. The van der Waals surface area contributed by atoms with Gasteiger partial charge in [-0.3, -0.25) is 4.55 Å². The van der Waals surface area contributed by atoms with Gasteiger partial charge in [-0.25, -0.2) is 4.79 Å². The smallest absolute Gasteiger partial charge is 0.343 e. The molecule has 164 valence electrons. The van der Waals surface area contributed by atoms with Crippen LogP contribution in [0.5, 0.6) is 5.75 Å². The van der Waals surface area contributed by atoms with Gasteiger partial charge in [-0.15, -0.1) is 0 Å². The summed E-state index contributed by atoms with van der Waals surface area (Å²) in [5, 5.41) is 0. The Morgan fingerprint density at radius 2 is 1.55 bits per heavy atom. The topological polar surface area (TPSA) is 80.7 Å². The summed E-state index contributed by atoms with van der Waals surface area (Å²) >= 11 is 4.38. The maximum absolute atomic E-state index is 12.7. The molecule has 0 spiro atoms. The summed E-state index contributed by atoms with van der Waals surface area (Å²) in [5.41, 5.74) is 1.05. The molecule has 4 aliphatic carbocycles. The third kappa shape index (κ3) is 4.29. The van der Waals surface area contributed by atoms with Gasteiger partial charge in [-0.1, -0.05) is 0 Å². The van der Waals surface area contributed by atoms with E-state index in [9.17, 15) is 17.8 Å². The second kappa shape index (κ2) is 8.25. The molecule has 2 aromatic rings. The first kappa shape index (κ1) is 22.1. The van der Waals surface area contributed by atoms with Gasteiger partial charge < -0.3 is 4.74 Å². The summed E-state index contributed by atoms with van der Waals surface area (Å²) in [4.78, 5) is 12.6. The van der Waals surface area contributed by atoms with Crippen LogP contribution in [0.15, 0.2) is 41.3 Å². The molecule has 4 bridgehead atoms. The number of esters is 1. The third-order valence-corrected chi connectivity index (χ3v) is 11.0. The fraction of sp³-hybridized carbons (Fsp3) is 0.435. The standard InChI is InChI=1S/C23H22I2O5S/c24-19-3-1-14(10-20(19)25)23(26)30-17-2-4-21(31(27,28)29)18(11-17)22-15-6-12-5-13(8-15)9-16(22)7-12/h1-4,10-13,15-16,22H,5-9H2,(H,27,28,29). The first-order chi connectivity index (χ1) is 14.7. The maximum atomic E-state index is 12.7. The molecule has 4 saturated carbocycles. The van der Waals surface area contributed by atoms with Crippen molar-refractivity contribution >= 4 is 61.3 Å². The number of rotatable bonds is 4. The SMILES string of the molecule is O=C(Oc1ccc(S(=O)(=O)O)c(C2C3CC4CC(C3)CC2C4)c1)c1ccc(I)c(I)c1. The molecule has 8 heteroatoms. The zero-order chi connectivity index (χ0) is 21.9. The minimum Gasteiger partial charge on any atom is -0.423 e. The minimum absolute atomic E-state index is 0.0476. The molecule has 0 aromatic heterocycles. The number of hydrogen-bond donors (Lipinski definition) is 1. The Kier molecular flexibility index (Phi) is 5.88. The van der Waals surface area contributed by atoms with Crippen LogP contribution in [0.2, 0.25) is 0 Å². The molecule has 0 saturated heterocycles. The molecule has 6 rings (SSSR count). The summed E-state index contributed by atoms with van der Waals surface area (Å²) in [6.45, 7) is 0. The molecule has 0 radical (unpaired) electrons. The van der Waals surface area contributed by atoms with E-state index < -0.39 is 16.1 Å². The Balaban J connectivity index is 1.49. The second-order valence-electron chi connectivity index (χ2n) is 9.15. The molecule has 0 unspecified atom stereocenters. The highest BCUT2D eigenvalue weighted by Gasteiger charge is 2.49. The highest BCUT2D eigenvalue weighted by atomic mass is 127. The lowest BCUT2D eigenvalue weighted by molar-refractivity contribution is -0.00373. The fourth-order valence-corrected chi connectivity index (χ4v) is 7.89. The minimum atomic E-state index is -4.37. The molecule has 2 aromatic carbocycles. The summed E-state index contributed by atoms with van der Waals surface area (Å²) in [6.07, 6.45) is 5.78. The molecule has 1 N–H and O–H groups in total. The van der Waals surface area contributed by atoms with Crippen LogP contribution in [-0.2, 0) is 10.1 Å². The van der Waals surface area contributed by atoms with Crippen molar-refractivity contribution in [2.75, 3.05) is 0 Å². The van der Waals surface area contributed by atoms with Gasteiger partial charge in [0.25, 0.3) is 10.1 Å². The molecule has 0 amide bonds. The van der Waals surface area contributed by atoms with E-state index in [1.807, 2.05) is 6.07 Å². The lowest BCUT2D eigenvalue weighted by atomic mass is 9.51. The van der Waals surface area contributed by atoms with Gasteiger partial charge in [0, 0.05) is 7.14 Å². The molecule has 31 heavy (non-hydrogen) atoms. The largest absolute Gasteiger partial charge is 0.423 e. The van der Waals surface area contributed by atoms with E-state index in [1.54, 1.807) is 18.2 Å².